The molecular weight excluding hydrogens is 359 g/mol. The molecule has 0 atom stereocenters. The summed E-state index contributed by atoms with van der Waals surface area (Å²) in [4.78, 5) is 23.3. The van der Waals surface area contributed by atoms with Crippen molar-refractivity contribution in [1.29, 1.82) is 0 Å². The minimum atomic E-state index is -4.42. The van der Waals surface area contributed by atoms with Gasteiger partial charge in [-0.3, -0.25) is 0 Å². The number of rotatable bonds is 3. The van der Waals surface area contributed by atoms with Gasteiger partial charge in [-0.2, -0.15) is 13.2 Å². The standard InChI is InChI=1S/C15H14F3N3O3S/c1-8-5-10(20-14(23)21(2)13(19)22)3-4-11(8)24-12-6-9(7-25-12)15(16,17)18/h3-7H,1-2H3,(H2,19,22)(H,20,23). The summed E-state index contributed by atoms with van der Waals surface area (Å²) in [7, 11) is 1.22. The zero-order valence-electron chi connectivity index (χ0n) is 13.2. The zero-order chi connectivity index (χ0) is 18.8. The minimum absolute atomic E-state index is 0.0978. The van der Waals surface area contributed by atoms with Crippen molar-refractivity contribution >= 4 is 29.1 Å². The number of aryl methyl sites for hydroxylation is 1. The van der Waals surface area contributed by atoms with E-state index in [9.17, 15) is 22.8 Å². The average Bonchev–Trinajstić information content (AvgIpc) is 2.98. The number of thiophene rings is 1. The van der Waals surface area contributed by atoms with E-state index in [2.05, 4.69) is 5.32 Å². The first-order valence-electron chi connectivity index (χ1n) is 6.86. The molecule has 1 aromatic heterocycles. The third kappa shape index (κ3) is 4.63. The predicted octanol–water partition coefficient (Wildman–Crippen LogP) is 4.41. The number of nitrogens with two attached hydrogens (primary N) is 1. The topological polar surface area (TPSA) is 84.7 Å². The van der Waals surface area contributed by atoms with E-state index in [4.69, 9.17) is 10.5 Å². The van der Waals surface area contributed by atoms with Gasteiger partial charge >= 0.3 is 18.2 Å². The first-order valence-corrected chi connectivity index (χ1v) is 7.74. The van der Waals surface area contributed by atoms with Gasteiger partial charge in [-0.25, -0.2) is 14.5 Å². The number of amides is 4. The van der Waals surface area contributed by atoms with Gasteiger partial charge in [-0.15, -0.1) is 11.3 Å². The van der Waals surface area contributed by atoms with Gasteiger partial charge in [-0.1, -0.05) is 0 Å². The zero-order valence-corrected chi connectivity index (χ0v) is 14.0. The highest BCUT2D eigenvalue weighted by atomic mass is 32.1. The summed E-state index contributed by atoms with van der Waals surface area (Å²) in [5.74, 6) is 0.344. The molecule has 0 spiro atoms. The minimum Gasteiger partial charge on any atom is -0.446 e. The molecule has 0 saturated heterocycles. The molecule has 0 fully saturated rings. The maximum absolute atomic E-state index is 12.6. The molecule has 6 nitrogen and oxygen atoms in total. The predicted molar refractivity (Wildman–Crippen MR) is 86.9 cm³/mol. The lowest BCUT2D eigenvalue weighted by atomic mass is 10.2. The average molecular weight is 373 g/mol. The second-order valence-corrected chi connectivity index (χ2v) is 5.94. The van der Waals surface area contributed by atoms with Crippen LogP contribution in [0.3, 0.4) is 0 Å². The van der Waals surface area contributed by atoms with Crippen LogP contribution in [0.2, 0.25) is 0 Å². The molecule has 0 aliphatic carbocycles. The van der Waals surface area contributed by atoms with Crippen LogP contribution in [0, 0.1) is 6.92 Å². The summed E-state index contributed by atoms with van der Waals surface area (Å²) in [6, 6.07) is 3.85. The number of alkyl halides is 3. The number of anilines is 1. The second-order valence-electron chi connectivity index (χ2n) is 5.06. The molecule has 4 amide bonds. The lowest BCUT2D eigenvalue weighted by Gasteiger charge is -2.14. The quantitative estimate of drug-likeness (QED) is 0.836. The summed E-state index contributed by atoms with van der Waals surface area (Å²) in [6.45, 7) is 1.67. The van der Waals surface area contributed by atoms with E-state index in [1.165, 1.54) is 19.2 Å². The SMILES string of the molecule is Cc1cc(NC(=O)N(C)C(N)=O)ccc1Oc1cc(C(F)(F)F)cs1. The maximum Gasteiger partial charge on any atom is 0.417 e. The highest BCUT2D eigenvalue weighted by Gasteiger charge is 2.32. The number of nitrogens with zero attached hydrogens (tertiary/aromatic N) is 1. The van der Waals surface area contributed by atoms with Crippen molar-refractivity contribution < 1.29 is 27.5 Å². The molecule has 1 aromatic carbocycles. The van der Waals surface area contributed by atoms with Gasteiger partial charge in [0.2, 0.25) is 0 Å². The third-order valence-corrected chi connectivity index (χ3v) is 3.98. The number of imide groups is 1. The van der Waals surface area contributed by atoms with Crippen molar-refractivity contribution in [3.05, 3.63) is 40.8 Å². The fourth-order valence-corrected chi connectivity index (χ4v) is 2.55. The summed E-state index contributed by atoms with van der Waals surface area (Å²) in [5.41, 5.74) is 5.18. The van der Waals surface area contributed by atoms with E-state index in [0.29, 0.717) is 21.9 Å². The number of halogens is 3. The molecule has 0 radical (unpaired) electrons. The van der Waals surface area contributed by atoms with E-state index in [1.54, 1.807) is 13.0 Å². The van der Waals surface area contributed by atoms with Gasteiger partial charge in [0.05, 0.1) is 5.56 Å². The molecule has 0 bridgehead atoms. The van der Waals surface area contributed by atoms with Crippen LogP contribution in [0.25, 0.3) is 0 Å². The molecule has 0 unspecified atom stereocenters. The van der Waals surface area contributed by atoms with Gasteiger partial charge in [0.15, 0.2) is 5.06 Å². The number of hydrogen-bond donors (Lipinski definition) is 2. The van der Waals surface area contributed by atoms with Crippen LogP contribution >= 0.6 is 11.3 Å². The van der Waals surface area contributed by atoms with Crippen molar-refractivity contribution in [3.8, 4) is 10.8 Å². The fraction of sp³-hybridized carbons (Fsp3) is 0.200. The van der Waals surface area contributed by atoms with Crippen LogP contribution in [0.4, 0.5) is 28.4 Å². The van der Waals surface area contributed by atoms with Crippen molar-refractivity contribution in [2.45, 2.75) is 13.1 Å². The van der Waals surface area contributed by atoms with Crippen molar-refractivity contribution in [3.63, 3.8) is 0 Å². The van der Waals surface area contributed by atoms with Crippen LogP contribution in [-0.2, 0) is 6.18 Å². The molecule has 0 saturated carbocycles. The number of urea groups is 2. The fourth-order valence-electron chi connectivity index (χ4n) is 1.78. The molecule has 10 heteroatoms. The number of carbonyl (C=O) groups is 2. The summed E-state index contributed by atoms with van der Waals surface area (Å²) < 4.78 is 43.2. The van der Waals surface area contributed by atoms with E-state index in [1.807, 2.05) is 0 Å². The Kier molecular flexibility index (Phi) is 5.21. The van der Waals surface area contributed by atoms with Gasteiger partial charge in [0, 0.05) is 24.2 Å². The van der Waals surface area contributed by atoms with Crippen molar-refractivity contribution in [2.24, 2.45) is 5.73 Å². The number of carbonyl (C=O) groups excluding carboxylic acids is 2. The number of ether oxygens (including phenoxy) is 1. The van der Waals surface area contributed by atoms with Crippen LogP contribution in [0.1, 0.15) is 11.1 Å². The smallest absolute Gasteiger partial charge is 0.417 e. The number of benzene rings is 1. The Bertz CT molecular complexity index is 805. The Balaban J connectivity index is 2.10. The Morgan fingerprint density at radius 1 is 1.28 bits per heavy atom. The number of nitrogens with one attached hydrogen (secondary N) is 1. The van der Waals surface area contributed by atoms with Crippen LogP contribution in [-0.4, -0.2) is 24.0 Å². The first kappa shape index (κ1) is 18.6. The van der Waals surface area contributed by atoms with E-state index in [0.717, 1.165) is 22.8 Å². The van der Waals surface area contributed by atoms with Crippen LogP contribution < -0.4 is 15.8 Å². The van der Waals surface area contributed by atoms with Gasteiger partial charge < -0.3 is 15.8 Å². The number of primary amides is 1. The van der Waals surface area contributed by atoms with Gasteiger partial charge in [0.1, 0.15) is 5.75 Å². The Labute approximate surface area is 145 Å². The van der Waals surface area contributed by atoms with E-state index >= 15 is 0 Å². The summed E-state index contributed by atoms with van der Waals surface area (Å²) in [5, 5.41) is 3.53. The molecule has 25 heavy (non-hydrogen) atoms. The largest absolute Gasteiger partial charge is 0.446 e. The van der Waals surface area contributed by atoms with E-state index < -0.39 is 23.8 Å². The molecular formula is C15H14F3N3O3S. The molecule has 134 valence electrons. The monoisotopic (exact) mass is 373 g/mol. The molecule has 2 rings (SSSR count). The number of hydrogen-bond acceptors (Lipinski definition) is 4. The first-order chi connectivity index (χ1) is 11.6. The Morgan fingerprint density at radius 2 is 1.96 bits per heavy atom. The normalized spacial score (nSPS) is 11.1. The molecule has 1 heterocycles. The summed E-state index contributed by atoms with van der Waals surface area (Å²) in [6.07, 6.45) is -4.42. The van der Waals surface area contributed by atoms with Crippen molar-refractivity contribution in [2.75, 3.05) is 12.4 Å². The van der Waals surface area contributed by atoms with Gasteiger partial charge in [0.25, 0.3) is 0 Å². The molecule has 0 aliphatic rings. The molecule has 0 aliphatic heterocycles. The van der Waals surface area contributed by atoms with Crippen molar-refractivity contribution in [1.82, 2.24) is 4.90 Å². The molecule has 2 aromatic rings. The van der Waals surface area contributed by atoms with E-state index in [-0.39, 0.29) is 5.06 Å². The Hall–Kier alpha value is -2.75. The third-order valence-electron chi connectivity index (χ3n) is 3.17. The second kappa shape index (κ2) is 7.01. The maximum atomic E-state index is 12.6. The highest BCUT2D eigenvalue weighted by molar-refractivity contribution is 7.12. The lowest BCUT2D eigenvalue weighted by molar-refractivity contribution is -0.137. The van der Waals surface area contributed by atoms with Crippen LogP contribution in [0.15, 0.2) is 29.6 Å². The van der Waals surface area contributed by atoms with Crippen LogP contribution in [0.5, 0.6) is 10.8 Å². The highest BCUT2D eigenvalue weighted by Crippen LogP contribution is 2.38. The molecule has 3 N–H and O–H groups in total. The summed E-state index contributed by atoms with van der Waals surface area (Å²) >= 11 is 0.832. The lowest BCUT2D eigenvalue weighted by Crippen LogP contribution is -2.40. The Morgan fingerprint density at radius 3 is 2.48 bits per heavy atom. The van der Waals surface area contributed by atoms with Gasteiger partial charge in [-0.05, 0) is 30.7 Å².